The van der Waals surface area contributed by atoms with Crippen molar-refractivity contribution in [2.75, 3.05) is 0 Å². The summed E-state index contributed by atoms with van der Waals surface area (Å²) in [6, 6.07) is 11.0. The molecule has 16 heavy (non-hydrogen) atoms. The maximum atomic E-state index is 3.81. The van der Waals surface area contributed by atoms with E-state index in [1.807, 2.05) is 11.3 Å². The van der Waals surface area contributed by atoms with Crippen LogP contribution in [-0.4, -0.2) is 4.83 Å². The summed E-state index contributed by atoms with van der Waals surface area (Å²) in [5.74, 6) is 1.25. The van der Waals surface area contributed by atoms with Crippen LogP contribution in [0, 0.1) is 5.92 Å². The molecule has 2 rings (SSSR count). The normalized spacial score (nSPS) is 15.6. The molecule has 0 aliphatic heterocycles. The molecule has 1 aromatic heterocycles. The molecule has 1 aromatic carbocycles. The molecule has 86 valence electrons. The molecular weight excluding hydrogens is 280 g/mol. The maximum absolute atomic E-state index is 3.81. The van der Waals surface area contributed by atoms with E-state index in [9.17, 15) is 0 Å². The van der Waals surface area contributed by atoms with E-state index in [-0.39, 0.29) is 0 Å². The highest BCUT2D eigenvalue weighted by molar-refractivity contribution is 9.09. The van der Waals surface area contributed by atoms with E-state index in [2.05, 4.69) is 67.0 Å². The molecule has 2 unspecified atom stereocenters. The van der Waals surface area contributed by atoms with Crippen LogP contribution in [0.1, 0.15) is 31.6 Å². The number of thiophene rings is 1. The van der Waals surface area contributed by atoms with Crippen molar-refractivity contribution < 1.29 is 0 Å². The molecule has 0 saturated heterocycles. The van der Waals surface area contributed by atoms with Crippen LogP contribution >= 0.6 is 27.3 Å². The van der Waals surface area contributed by atoms with E-state index in [0.29, 0.717) is 16.7 Å². The fourth-order valence-electron chi connectivity index (χ4n) is 1.96. The first-order valence-electron chi connectivity index (χ1n) is 5.72. The van der Waals surface area contributed by atoms with E-state index in [1.54, 1.807) is 0 Å². The van der Waals surface area contributed by atoms with Gasteiger partial charge in [-0.3, -0.25) is 0 Å². The fraction of sp³-hybridized carbons (Fsp3) is 0.429. The summed E-state index contributed by atoms with van der Waals surface area (Å²) >= 11 is 5.73. The Morgan fingerprint density at radius 2 is 1.81 bits per heavy atom. The zero-order valence-corrected chi connectivity index (χ0v) is 12.3. The molecule has 0 aliphatic rings. The third-order valence-electron chi connectivity index (χ3n) is 3.01. The molecule has 0 N–H and O–H groups in total. The Morgan fingerprint density at radius 3 is 2.44 bits per heavy atom. The number of hydrogen-bond donors (Lipinski definition) is 0. The molecule has 0 amide bonds. The maximum Gasteiger partial charge on any atom is 0.0345 e. The first-order valence-corrected chi connectivity index (χ1v) is 7.45. The van der Waals surface area contributed by atoms with Crippen LogP contribution in [0.2, 0.25) is 0 Å². The summed E-state index contributed by atoms with van der Waals surface area (Å²) in [4.78, 5) is 2.04. The average Bonchev–Trinajstić information content (AvgIpc) is 2.70. The van der Waals surface area contributed by atoms with Gasteiger partial charge in [0.25, 0.3) is 0 Å². The third-order valence-corrected chi connectivity index (χ3v) is 6.18. The van der Waals surface area contributed by atoms with Gasteiger partial charge in [0.05, 0.1) is 0 Å². The number of fused-ring (bicyclic) bond motifs is 1. The van der Waals surface area contributed by atoms with Gasteiger partial charge in [0, 0.05) is 20.3 Å². The first kappa shape index (κ1) is 12.1. The lowest BCUT2D eigenvalue weighted by Crippen LogP contribution is -2.14. The minimum atomic E-state index is 0.556. The Balaban J connectivity index is 2.33. The topological polar surface area (TPSA) is 0 Å². The molecule has 0 aliphatic carbocycles. The molecule has 2 heteroatoms. The first-order chi connectivity index (χ1) is 7.59. The second-order valence-corrected chi connectivity index (χ2v) is 6.84. The monoisotopic (exact) mass is 296 g/mol. The molecule has 0 radical (unpaired) electrons. The van der Waals surface area contributed by atoms with Crippen LogP contribution in [-0.2, 0) is 0 Å². The van der Waals surface area contributed by atoms with E-state index in [0.717, 1.165) is 0 Å². The lowest BCUT2D eigenvalue weighted by Gasteiger charge is -2.20. The summed E-state index contributed by atoms with van der Waals surface area (Å²) in [6.45, 7) is 6.84. The summed E-state index contributed by atoms with van der Waals surface area (Å²) < 4.78 is 1.40. The highest BCUT2D eigenvalue weighted by Crippen LogP contribution is 2.36. The van der Waals surface area contributed by atoms with Crippen LogP contribution < -0.4 is 0 Å². The van der Waals surface area contributed by atoms with Gasteiger partial charge in [-0.25, -0.2) is 0 Å². The van der Waals surface area contributed by atoms with Gasteiger partial charge in [0.15, 0.2) is 0 Å². The lowest BCUT2D eigenvalue weighted by molar-refractivity contribution is 0.555. The third kappa shape index (κ3) is 2.33. The highest BCUT2D eigenvalue weighted by atomic mass is 79.9. The van der Waals surface area contributed by atoms with Gasteiger partial charge in [-0.1, -0.05) is 54.9 Å². The van der Waals surface area contributed by atoms with Crippen LogP contribution in [0.25, 0.3) is 10.1 Å². The molecule has 2 atom stereocenters. The smallest absolute Gasteiger partial charge is 0.0345 e. The van der Waals surface area contributed by atoms with E-state index in [1.165, 1.54) is 15.0 Å². The molecule has 0 bridgehead atoms. The van der Waals surface area contributed by atoms with Crippen molar-refractivity contribution in [2.24, 2.45) is 5.92 Å². The molecular formula is C14H17BrS. The molecule has 0 nitrogen and oxygen atoms in total. The lowest BCUT2D eigenvalue weighted by atomic mass is 9.97. The summed E-state index contributed by atoms with van der Waals surface area (Å²) in [5.41, 5.74) is 0. The molecule has 0 fully saturated rings. The van der Waals surface area contributed by atoms with Crippen LogP contribution in [0.4, 0.5) is 0 Å². The van der Waals surface area contributed by atoms with Crippen LogP contribution in [0.15, 0.2) is 30.3 Å². The fourth-order valence-corrected chi connectivity index (χ4v) is 3.58. The van der Waals surface area contributed by atoms with Crippen molar-refractivity contribution in [3.8, 4) is 0 Å². The number of rotatable bonds is 3. The van der Waals surface area contributed by atoms with Crippen molar-refractivity contribution in [1.82, 2.24) is 0 Å². The van der Waals surface area contributed by atoms with Gasteiger partial charge in [0.1, 0.15) is 0 Å². The Hall–Kier alpha value is -0.340. The Kier molecular flexibility index (Phi) is 3.70. The van der Waals surface area contributed by atoms with Gasteiger partial charge < -0.3 is 0 Å². The van der Waals surface area contributed by atoms with E-state index >= 15 is 0 Å². The van der Waals surface area contributed by atoms with E-state index in [4.69, 9.17) is 0 Å². The number of alkyl halides is 1. The number of hydrogen-bond acceptors (Lipinski definition) is 1. The molecule has 0 saturated carbocycles. The van der Waals surface area contributed by atoms with Gasteiger partial charge >= 0.3 is 0 Å². The van der Waals surface area contributed by atoms with Crippen LogP contribution in [0.5, 0.6) is 0 Å². The molecule has 0 spiro atoms. The minimum absolute atomic E-state index is 0.556. The predicted octanol–water partition coefficient (Wildman–Crippen LogP) is 5.42. The zero-order valence-electron chi connectivity index (χ0n) is 9.91. The Labute approximate surface area is 110 Å². The van der Waals surface area contributed by atoms with Gasteiger partial charge in [-0.2, -0.15) is 0 Å². The van der Waals surface area contributed by atoms with Crippen molar-refractivity contribution in [2.45, 2.75) is 31.5 Å². The van der Waals surface area contributed by atoms with E-state index < -0.39 is 0 Å². The largest absolute Gasteiger partial charge is 0.140 e. The number of benzene rings is 1. The molecule has 2 aromatic rings. The SMILES string of the molecule is CC(C)C(Br)C(C)c1cc2ccccc2s1. The van der Waals surface area contributed by atoms with Crippen molar-refractivity contribution in [1.29, 1.82) is 0 Å². The Bertz CT molecular complexity index is 439. The minimum Gasteiger partial charge on any atom is -0.140 e. The standard InChI is InChI=1S/C14H17BrS/c1-9(2)14(15)10(3)13-8-11-6-4-5-7-12(11)16-13/h4-10,14H,1-3H3. The average molecular weight is 297 g/mol. The quantitative estimate of drug-likeness (QED) is 0.663. The van der Waals surface area contributed by atoms with Crippen molar-refractivity contribution in [3.63, 3.8) is 0 Å². The van der Waals surface area contributed by atoms with Gasteiger partial charge in [0.2, 0.25) is 0 Å². The second kappa shape index (κ2) is 4.89. The van der Waals surface area contributed by atoms with Crippen LogP contribution in [0.3, 0.4) is 0 Å². The second-order valence-electron chi connectivity index (χ2n) is 4.66. The highest BCUT2D eigenvalue weighted by Gasteiger charge is 2.20. The zero-order chi connectivity index (χ0) is 11.7. The van der Waals surface area contributed by atoms with Crippen molar-refractivity contribution >= 4 is 37.4 Å². The Morgan fingerprint density at radius 1 is 1.12 bits per heavy atom. The predicted molar refractivity (Wildman–Crippen MR) is 77.8 cm³/mol. The van der Waals surface area contributed by atoms with Crippen molar-refractivity contribution in [3.05, 3.63) is 35.2 Å². The van der Waals surface area contributed by atoms with Gasteiger partial charge in [-0.05, 0) is 23.4 Å². The summed E-state index contributed by atoms with van der Waals surface area (Å²) in [5, 5.41) is 1.37. The molecule has 1 heterocycles. The van der Waals surface area contributed by atoms with Gasteiger partial charge in [-0.15, -0.1) is 11.3 Å². The summed E-state index contributed by atoms with van der Waals surface area (Å²) in [7, 11) is 0. The summed E-state index contributed by atoms with van der Waals surface area (Å²) in [6.07, 6.45) is 0. The number of halogens is 1.